The first-order chi connectivity index (χ1) is 11.5. The molecule has 7 nitrogen and oxygen atoms in total. The van der Waals surface area contributed by atoms with Gasteiger partial charge in [0.05, 0.1) is 18.1 Å². The zero-order valence-corrected chi connectivity index (χ0v) is 15.5. The number of amides is 1. The van der Waals surface area contributed by atoms with Gasteiger partial charge in [-0.15, -0.1) is 12.4 Å². The second-order valence-corrected chi connectivity index (χ2v) is 8.24. The summed E-state index contributed by atoms with van der Waals surface area (Å²) in [6.07, 6.45) is 2.31. The Labute approximate surface area is 154 Å². The van der Waals surface area contributed by atoms with Gasteiger partial charge in [-0.3, -0.25) is 4.79 Å². The molecule has 1 saturated heterocycles. The smallest absolute Gasteiger partial charge is 0.243 e. The predicted molar refractivity (Wildman–Crippen MR) is 97.2 cm³/mol. The largest absolute Gasteiger partial charge is 0.379 e. The number of hydrogen-bond acceptors (Lipinski definition) is 5. The molecule has 1 aromatic rings. The summed E-state index contributed by atoms with van der Waals surface area (Å²) >= 11 is 0. The zero-order valence-electron chi connectivity index (χ0n) is 13.9. The van der Waals surface area contributed by atoms with Crippen molar-refractivity contribution < 1.29 is 17.9 Å². The van der Waals surface area contributed by atoms with Gasteiger partial charge in [0, 0.05) is 30.7 Å². The first-order valence-electron chi connectivity index (χ1n) is 8.21. The molecule has 2 unspecified atom stereocenters. The first-order valence-corrected chi connectivity index (χ1v) is 9.65. The van der Waals surface area contributed by atoms with Crippen LogP contribution in [0.15, 0.2) is 29.2 Å². The number of carbonyl (C=O) groups excluding carboxylic acids is 1. The molecule has 0 spiro atoms. The number of hydrogen-bond donors (Lipinski definition) is 2. The molecular weight excluding hydrogens is 366 g/mol. The second kappa shape index (κ2) is 8.46. The molecule has 0 aromatic heterocycles. The normalized spacial score (nSPS) is 24.5. The van der Waals surface area contributed by atoms with Gasteiger partial charge < -0.3 is 15.8 Å². The van der Waals surface area contributed by atoms with Crippen molar-refractivity contribution >= 4 is 34.0 Å². The van der Waals surface area contributed by atoms with Crippen molar-refractivity contribution in [3.63, 3.8) is 0 Å². The number of ether oxygens (including phenoxy) is 1. The van der Waals surface area contributed by atoms with Crippen LogP contribution in [0.25, 0.3) is 0 Å². The lowest BCUT2D eigenvalue weighted by Gasteiger charge is -2.26. The van der Waals surface area contributed by atoms with Crippen molar-refractivity contribution in [1.29, 1.82) is 0 Å². The maximum atomic E-state index is 12.7. The zero-order chi connectivity index (χ0) is 17.2. The fraction of sp³-hybridized carbons (Fsp3) is 0.562. The van der Waals surface area contributed by atoms with E-state index in [9.17, 15) is 13.2 Å². The van der Waals surface area contributed by atoms with Crippen LogP contribution in [0.2, 0.25) is 0 Å². The van der Waals surface area contributed by atoms with E-state index >= 15 is 0 Å². The fourth-order valence-corrected chi connectivity index (χ4v) is 4.62. The quantitative estimate of drug-likeness (QED) is 0.805. The van der Waals surface area contributed by atoms with E-state index in [1.54, 1.807) is 18.2 Å². The molecule has 1 aliphatic carbocycles. The Kier molecular flexibility index (Phi) is 6.81. The molecule has 140 valence electrons. The summed E-state index contributed by atoms with van der Waals surface area (Å²) in [5, 5.41) is 2.82. The third-order valence-corrected chi connectivity index (χ3v) is 6.45. The highest BCUT2D eigenvalue weighted by atomic mass is 35.5. The number of sulfonamides is 1. The summed E-state index contributed by atoms with van der Waals surface area (Å²) in [6, 6.07) is 6.48. The summed E-state index contributed by atoms with van der Waals surface area (Å²) in [4.78, 5) is 12.5. The molecule has 2 atom stereocenters. The molecular formula is C16H24ClN3O4S. The minimum atomic E-state index is -3.57. The van der Waals surface area contributed by atoms with Crippen LogP contribution in [0.1, 0.15) is 19.3 Å². The maximum Gasteiger partial charge on any atom is 0.243 e. The first kappa shape index (κ1) is 20.1. The van der Waals surface area contributed by atoms with Crippen molar-refractivity contribution in [1.82, 2.24) is 4.31 Å². The Balaban J connectivity index is 0.00000225. The molecule has 9 heteroatoms. The standard InChI is InChI=1S/C16H23N3O4S.ClH/c17-13-5-4-12(10-13)16(20)18-14-2-1-3-15(11-14)24(21,22)19-6-8-23-9-7-19;/h1-3,11-13H,4-10,17H2,(H,18,20);1H. The number of nitrogens with one attached hydrogen (secondary N) is 1. The number of anilines is 1. The molecule has 3 N–H and O–H groups in total. The van der Waals surface area contributed by atoms with Crippen molar-refractivity contribution in [3.05, 3.63) is 24.3 Å². The molecule has 3 rings (SSSR count). The Hall–Kier alpha value is -1.19. The topological polar surface area (TPSA) is 102 Å². The summed E-state index contributed by atoms with van der Waals surface area (Å²) in [5.41, 5.74) is 6.34. The molecule has 2 fully saturated rings. The molecule has 2 aliphatic rings. The van der Waals surface area contributed by atoms with Crippen LogP contribution < -0.4 is 11.1 Å². The van der Waals surface area contributed by atoms with E-state index in [4.69, 9.17) is 10.5 Å². The van der Waals surface area contributed by atoms with Crippen LogP contribution in [0.4, 0.5) is 5.69 Å². The van der Waals surface area contributed by atoms with Gasteiger partial charge in [0.15, 0.2) is 0 Å². The number of morpholine rings is 1. The minimum Gasteiger partial charge on any atom is -0.379 e. The van der Waals surface area contributed by atoms with Gasteiger partial charge in [-0.05, 0) is 37.5 Å². The predicted octanol–water partition coefficient (Wildman–Crippen LogP) is 1.20. The van der Waals surface area contributed by atoms with Gasteiger partial charge in [0.2, 0.25) is 15.9 Å². The van der Waals surface area contributed by atoms with Crippen molar-refractivity contribution in [2.45, 2.75) is 30.2 Å². The van der Waals surface area contributed by atoms with Crippen molar-refractivity contribution in [2.24, 2.45) is 11.7 Å². The van der Waals surface area contributed by atoms with Crippen LogP contribution in [0.3, 0.4) is 0 Å². The maximum absolute atomic E-state index is 12.7. The van der Waals surface area contributed by atoms with Gasteiger partial charge >= 0.3 is 0 Å². The summed E-state index contributed by atoms with van der Waals surface area (Å²) in [6.45, 7) is 1.49. The molecule has 1 aliphatic heterocycles. The monoisotopic (exact) mass is 389 g/mol. The number of nitrogens with zero attached hydrogens (tertiary/aromatic N) is 1. The fourth-order valence-electron chi connectivity index (χ4n) is 3.17. The number of benzene rings is 1. The van der Waals surface area contributed by atoms with E-state index in [1.807, 2.05) is 0 Å². The Morgan fingerprint density at radius 2 is 1.96 bits per heavy atom. The van der Waals surface area contributed by atoms with E-state index in [0.717, 1.165) is 12.8 Å². The van der Waals surface area contributed by atoms with Crippen LogP contribution in [-0.4, -0.2) is 51.0 Å². The van der Waals surface area contributed by atoms with Crippen LogP contribution in [0.5, 0.6) is 0 Å². The summed E-state index contributed by atoms with van der Waals surface area (Å²) in [7, 11) is -3.57. The van der Waals surface area contributed by atoms with E-state index < -0.39 is 10.0 Å². The molecule has 1 saturated carbocycles. The van der Waals surface area contributed by atoms with Gasteiger partial charge in [-0.25, -0.2) is 8.42 Å². The molecule has 0 bridgehead atoms. The molecule has 1 heterocycles. The second-order valence-electron chi connectivity index (χ2n) is 6.30. The highest BCUT2D eigenvalue weighted by Gasteiger charge is 2.29. The number of carbonyl (C=O) groups is 1. The lowest BCUT2D eigenvalue weighted by molar-refractivity contribution is -0.119. The average Bonchev–Trinajstić information content (AvgIpc) is 3.02. The molecule has 25 heavy (non-hydrogen) atoms. The summed E-state index contributed by atoms with van der Waals surface area (Å²) in [5.74, 6) is -0.191. The van der Waals surface area contributed by atoms with Crippen LogP contribution >= 0.6 is 12.4 Å². The van der Waals surface area contributed by atoms with Gasteiger partial charge in [-0.2, -0.15) is 4.31 Å². The lowest BCUT2D eigenvalue weighted by Crippen LogP contribution is -2.40. The lowest BCUT2D eigenvalue weighted by atomic mass is 10.1. The van der Waals surface area contributed by atoms with E-state index in [2.05, 4.69) is 5.32 Å². The van der Waals surface area contributed by atoms with E-state index in [0.29, 0.717) is 38.4 Å². The van der Waals surface area contributed by atoms with Gasteiger partial charge in [-0.1, -0.05) is 6.07 Å². The number of halogens is 1. The van der Waals surface area contributed by atoms with Crippen molar-refractivity contribution in [2.75, 3.05) is 31.6 Å². The third kappa shape index (κ3) is 4.71. The third-order valence-electron chi connectivity index (χ3n) is 4.55. The van der Waals surface area contributed by atoms with Crippen LogP contribution in [-0.2, 0) is 19.6 Å². The van der Waals surface area contributed by atoms with Crippen LogP contribution in [0, 0.1) is 5.92 Å². The minimum absolute atomic E-state index is 0. The average molecular weight is 390 g/mol. The van der Waals surface area contributed by atoms with Gasteiger partial charge in [0.25, 0.3) is 0 Å². The molecule has 1 amide bonds. The molecule has 0 radical (unpaired) electrons. The Morgan fingerprint density at radius 3 is 2.60 bits per heavy atom. The van der Waals surface area contributed by atoms with Crippen molar-refractivity contribution in [3.8, 4) is 0 Å². The highest BCUT2D eigenvalue weighted by Crippen LogP contribution is 2.26. The summed E-state index contributed by atoms with van der Waals surface area (Å²) < 4.78 is 31.9. The SMILES string of the molecule is Cl.NC1CCC(C(=O)Nc2cccc(S(=O)(=O)N3CCOCC3)c2)C1. The number of rotatable bonds is 4. The highest BCUT2D eigenvalue weighted by molar-refractivity contribution is 7.89. The Morgan fingerprint density at radius 1 is 1.24 bits per heavy atom. The van der Waals surface area contributed by atoms with Gasteiger partial charge in [0.1, 0.15) is 0 Å². The molecule has 1 aromatic carbocycles. The Bertz CT molecular complexity index is 707. The number of nitrogens with two attached hydrogens (primary N) is 1. The van der Waals surface area contributed by atoms with E-state index in [-0.39, 0.29) is 35.2 Å². The van der Waals surface area contributed by atoms with E-state index in [1.165, 1.54) is 10.4 Å².